The molecule has 0 bridgehead atoms. The van der Waals surface area contributed by atoms with Crippen molar-refractivity contribution in [2.24, 2.45) is 5.73 Å². The third kappa shape index (κ3) is 3.75. The zero-order valence-electron chi connectivity index (χ0n) is 12.3. The Morgan fingerprint density at radius 3 is 2.57 bits per heavy atom. The number of benzene rings is 2. The van der Waals surface area contributed by atoms with Gasteiger partial charge in [0.2, 0.25) is 5.91 Å². The molecule has 0 spiro atoms. The summed E-state index contributed by atoms with van der Waals surface area (Å²) in [5, 5.41) is 0. The van der Waals surface area contributed by atoms with Crippen LogP contribution >= 0.6 is 0 Å². The molecule has 0 aliphatic carbocycles. The van der Waals surface area contributed by atoms with Crippen LogP contribution in [0.15, 0.2) is 42.5 Å². The van der Waals surface area contributed by atoms with Gasteiger partial charge in [0.15, 0.2) is 0 Å². The Bertz CT molecular complexity index is 651. The molecule has 1 amide bonds. The third-order valence-electron chi connectivity index (χ3n) is 3.35. The fraction of sp³-hybridized carbons (Fsp3) is 0.235. The van der Waals surface area contributed by atoms with Gasteiger partial charge < -0.3 is 16.2 Å². The molecule has 4 N–H and O–H groups in total. The predicted molar refractivity (Wildman–Crippen MR) is 84.2 cm³/mol. The minimum atomic E-state index is -0.487. The lowest BCUT2D eigenvalue weighted by atomic mass is 10.0. The van der Waals surface area contributed by atoms with E-state index in [2.05, 4.69) is 19.9 Å². The molecule has 0 aromatic heterocycles. The van der Waals surface area contributed by atoms with E-state index in [9.17, 15) is 4.79 Å². The molecular weight excluding hydrogens is 264 g/mol. The highest BCUT2D eigenvalue weighted by molar-refractivity contribution is 5.93. The summed E-state index contributed by atoms with van der Waals surface area (Å²) in [7, 11) is 0. The molecule has 2 aromatic carbocycles. The fourth-order valence-electron chi connectivity index (χ4n) is 2.00. The van der Waals surface area contributed by atoms with Gasteiger partial charge >= 0.3 is 0 Å². The largest absolute Gasteiger partial charge is 0.489 e. The second kappa shape index (κ2) is 6.31. The van der Waals surface area contributed by atoms with Gasteiger partial charge in [-0.25, -0.2) is 0 Å². The van der Waals surface area contributed by atoms with E-state index in [1.165, 1.54) is 5.56 Å². The number of carbonyl (C=O) groups is 1. The molecule has 110 valence electrons. The number of rotatable bonds is 5. The minimum absolute atomic E-state index is 0.354. The number of carbonyl (C=O) groups excluding carboxylic acids is 1. The van der Waals surface area contributed by atoms with Crippen LogP contribution in [0, 0.1) is 0 Å². The van der Waals surface area contributed by atoms with Gasteiger partial charge in [0.1, 0.15) is 12.4 Å². The molecule has 0 saturated carbocycles. The summed E-state index contributed by atoms with van der Waals surface area (Å²) >= 11 is 0. The van der Waals surface area contributed by atoms with Gasteiger partial charge in [0, 0.05) is 16.8 Å². The highest BCUT2D eigenvalue weighted by Gasteiger charge is 2.06. The number of hydrogen-bond acceptors (Lipinski definition) is 3. The van der Waals surface area contributed by atoms with Crippen molar-refractivity contribution in [3.63, 3.8) is 0 Å². The fourth-order valence-corrected chi connectivity index (χ4v) is 2.00. The lowest BCUT2D eigenvalue weighted by Gasteiger charge is -2.11. The van der Waals surface area contributed by atoms with Crippen LogP contribution in [0.5, 0.6) is 5.75 Å². The standard InChI is InChI=1S/C17H20N2O2/c1-11(2)12-4-3-5-15(8-12)21-10-14-7-6-13(17(19)20)9-16(14)18/h3-9,11H,10,18H2,1-2H3,(H2,19,20). The second-order valence-corrected chi connectivity index (χ2v) is 5.29. The van der Waals surface area contributed by atoms with E-state index >= 15 is 0 Å². The Hall–Kier alpha value is -2.49. The first-order valence-electron chi connectivity index (χ1n) is 6.88. The van der Waals surface area contributed by atoms with Gasteiger partial charge in [0.25, 0.3) is 0 Å². The molecule has 0 aliphatic heterocycles. The van der Waals surface area contributed by atoms with Crippen LogP contribution in [0.4, 0.5) is 5.69 Å². The van der Waals surface area contributed by atoms with Crippen molar-refractivity contribution in [1.29, 1.82) is 0 Å². The smallest absolute Gasteiger partial charge is 0.248 e. The quantitative estimate of drug-likeness (QED) is 0.828. The van der Waals surface area contributed by atoms with Gasteiger partial charge in [-0.2, -0.15) is 0 Å². The van der Waals surface area contributed by atoms with Crippen LogP contribution in [0.25, 0.3) is 0 Å². The maximum atomic E-state index is 11.1. The number of hydrogen-bond donors (Lipinski definition) is 2. The predicted octanol–water partition coefficient (Wildman–Crippen LogP) is 3.07. The van der Waals surface area contributed by atoms with Crippen LogP contribution in [0.3, 0.4) is 0 Å². The number of amides is 1. The molecule has 0 radical (unpaired) electrons. The molecule has 0 aliphatic rings. The lowest BCUT2D eigenvalue weighted by molar-refractivity contribution is 0.100. The first-order valence-corrected chi connectivity index (χ1v) is 6.88. The van der Waals surface area contributed by atoms with E-state index in [1.54, 1.807) is 18.2 Å². The van der Waals surface area contributed by atoms with Crippen molar-refractivity contribution >= 4 is 11.6 Å². The van der Waals surface area contributed by atoms with Gasteiger partial charge in [-0.05, 0) is 35.7 Å². The number of nitrogens with two attached hydrogens (primary N) is 2. The van der Waals surface area contributed by atoms with Crippen molar-refractivity contribution in [1.82, 2.24) is 0 Å². The number of ether oxygens (including phenoxy) is 1. The van der Waals surface area contributed by atoms with E-state index in [-0.39, 0.29) is 0 Å². The topological polar surface area (TPSA) is 78.3 Å². The third-order valence-corrected chi connectivity index (χ3v) is 3.35. The van der Waals surface area contributed by atoms with Crippen LogP contribution in [-0.2, 0) is 6.61 Å². The SMILES string of the molecule is CC(C)c1cccc(OCc2ccc(C(N)=O)cc2N)c1. The Labute approximate surface area is 124 Å². The van der Waals surface area contributed by atoms with Gasteiger partial charge in [-0.3, -0.25) is 4.79 Å². The average molecular weight is 284 g/mol. The molecule has 0 heterocycles. The minimum Gasteiger partial charge on any atom is -0.489 e. The molecule has 21 heavy (non-hydrogen) atoms. The van der Waals surface area contributed by atoms with Gasteiger partial charge in [-0.15, -0.1) is 0 Å². The number of nitrogen functional groups attached to an aromatic ring is 1. The Balaban J connectivity index is 2.09. The molecule has 2 rings (SSSR count). The van der Waals surface area contributed by atoms with Crippen molar-refractivity contribution in [3.05, 3.63) is 59.2 Å². The van der Waals surface area contributed by atoms with E-state index in [0.29, 0.717) is 23.8 Å². The van der Waals surface area contributed by atoms with Gasteiger partial charge in [-0.1, -0.05) is 32.0 Å². The molecule has 0 unspecified atom stereocenters. The molecule has 4 nitrogen and oxygen atoms in total. The monoisotopic (exact) mass is 284 g/mol. The summed E-state index contributed by atoms with van der Waals surface area (Å²) in [6.45, 7) is 4.63. The summed E-state index contributed by atoms with van der Waals surface area (Å²) < 4.78 is 5.77. The summed E-state index contributed by atoms with van der Waals surface area (Å²) in [4.78, 5) is 11.1. The van der Waals surface area contributed by atoms with E-state index < -0.39 is 5.91 Å². The number of anilines is 1. The zero-order valence-corrected chi connectivity index (χ0v) is 12.3. The second-order valence-electron chi connectivity index (χ2n) is 5.29. The maximum absolute atomic E-state index is 11.1. The lowest BCUT2D eigenvalue weighted by Crippen LogP contribution is -2.12. The molecule has 0 saturated heterocycles. The summed E-state index contributed by atoms with van der Waals surface area (Å²) in [5.74, 6) is 0.770. The Morgan fingerprint density at radius 1 is 1.19 bits per heavy atom. The highest BCUT2D eigenvalue weighted by Crippen LogP contribution is 2.22. The van der Waals surface area contributed by atoms with Gasteiger partial charge in [0.05, 0.1) is 0 Å². The zero-order chi connectivity index (χ0) is 15.4. The van der Waals surface area contributed by atoms with E-state index in [0.717, 1.165) is 11.3 Å². The Morgan fingerprint density at radius 2 is 1.95 bits per heavy atom. The molecule has 0 fully saturated rings. The van der Waals surface area contributed by atoms with Crippen molar-refractivity contribution < 1.29 is 9.53 Å². The van der Waals surface area contributed by atoms with E-state index in [1.807, 2.05) is 18.2 Å². The van der Waals surface area contributed by atoms with Crippen molar-refractivity contribution in [2.45, 2.75) is 26.4 Å². The summed E-state index contributed by atoms with van der Waals surface area (Å²) in [6.07, 6.45) is 0. The van der Waals surface area contributed by atoms with Crippen molar-refractivity contribution in [2.75, 3.05) is 5.73 Å². The number of primary amides is 1. The first kappa shape index (κ1) is 14.9. The Kier molecular flexibility index (Phi) is 4.48. The van der Waals surface area contributed by atoms with Crippen LogP contribution in [0.2, 0.25) is 0 Å². The molecule has 2 aromatic rings. The average Bonchev–Trinajstić information content (AvgIpc) is 2.46. The summed E-state index contributed by atoms with van der Waals surface area (Å²) in [6, 6.07) is 13.0. The first-order chi connectivity index (χ1) is 9.97. The molecular formula is C17H20N2O2. The highest BCUT2D eigenvalue weighted by atomic mass is 16.5. The van der Waals surface area contributed by atoms with Crippen LogP contribution < -0.4 is 16.2 Å². The molecule has 0 atom stereocenters. The maximum Gasteiger partial charge on any atom is 0.248 e. The van der Waals surface area contributed by atoms with E-state index in [4.69, 9.17) is 16.2 Å². The molecule has 4 heteroatoms. The normalized spacial score (nSPS) is 10.6. The van der Waals surface area contributed by atoms with Crippen LogP contribution in [0.1, 0.15) is 41.3 Å². The van der Waals surface area contributed by atoms with Crippen molar-refractivity contribution in [3.8, 4) is 5.75 Å². The van der Waals surface area contributed by atoms with Crippen LogP contribution in [-0.4, -0.2) is 5.91 Å². The summed E-state index contributed by atoms with van der Waals surface area (Å²) in [5.41, 5.74) is 14.1.